The normalized spacial score (nSPS) is 20.5. The number of urea groups is 1. The minimum Gasteiger partial charge on any atom is -0.467 e. The molecule has 1 aliphatic rings. The second kappa shape index (κ2) is 4.18. The standard InChI is InChI=1S/C10H12N2O3/c1-14-6-7-5-8(12-10(13)11-7)9-3-2-4-15-9/h2-5,8H,6H2,1H3,(H2,11,12,13)/t8-/m0/s1. The molecule has 1 aromatic heterocycles. The van der Waals surface area contributed by atoms with E-state index >= 15 is 0 Å². The van der Waals surface area contributed by atoms with Gasteiger partial charge in [0.25, 0.3) is 0 Å². The summed E-state index contributed by atoms with van der Waals surface area (Å²) in [6.07, 6.45) is 3.44. The van der Waals surface area contributed by atoms with Crippen LogP contribution in [-0.4, -0.2) is 19.7 Å². The minimum atomic E-state index is -0.244. The number of carbonyl (C=O) groups excluding carboxylic acids is 1. The second-order valence-corrected chi connectivity index (χ2v) is 3.22. The first-order valence-electron chi connectivity index (χ1n) is 4.60. The molecule has 0 bridgehead atoms. The first kappa shape index (κ1) is 9.79. The van der Waals surface area contributed by atoms with Crippen molar-refractivity contribution in [1.29, 1.82) is 0 Å². The molecule has 0 aliphatic carbocycles. The quantitative estimate of drug-likeness (QED) is 0.783. The van der Waals surface area contributed by atoms with Gasteiger partial charge in [0.1, 0.15) is 11.8 Å². The number of hydrogen-bond donors (Lipinski definition) is 2. The largest absolute Gasteiger partial charge is 0.467 e. The number of amides is 2. The molecule has 80 valence electrons. The summed E-state index contributed by atoms with van der Waals surface area (Å²) in [5.74, 6) is 0.707. The third-order valence-electron chi connectivity index (χ3n) is 2.08. The van der Waals surface area contributed by atoms with Crippen LogP contribution in [0.1, 0.15) is 11.8 Å². The summed E-state index contributed by atoms with van der Waals surface area (Å²) < 4.78 is 10.2. The molecule has 2 amide bonds. The Bertz CT molecular complexity index is 370. The molecule has 0 aromatic carbocycles. The summed E-state index contributed by atoms with van der Waals surface area (Å²) in [6, 6.07) is 3.13. The van der Waals surface area contributed by atoms with Crippen molar-refractivity contribution in [2.45, 2.75) is 6.04 Å². The third kappa shape index (κ3) is 2.19. The molecule has 0 unspecified atom stereocenters. The molecule has 1 aromatic rings. The van der Waals surface area contributed by atoms with Gasteiger partial charge in [-0.05, 0) is 18.2 Å². The molecule has 0 radical (unpaired) electrons. The van der Waals surface area contributed by atoms with Crippen molar-refractivity contribution in [2.75, 3.05) is 13.7 Å². The summed E-state index contributed by atoms with van der Waals surface area (Å²) in [5.41, 5.74) is 0.739. The van der Waals surface area contributed by atoms with E-state index < -0.39 is 0 Å². The first-order valence-corrected chi connectivity index (χ1v) is 4.60. The molecule has 2 N–H and O–H groups in total. The van der Waals surface area contributed by atoms with E-state index in [0.29, 0.717) is 12.4 Å². The van der Waals surface area contributed by atoms with Gasteiger partial charge in [0.05, 0.1) is 12.9 Å². The molecule has 5 nitrogen and oxygen atoms in total. The zero-order valence-corrected chi connectivity index (χ0v) is 8.32. The van der Waals surface area contributed by atoms with Crippen LogP contribution in [-0.2, 0) is 4.74 Å². The van der Waals surface area contributed by atoms with Crippen LogP contribution in [0.4, 0.5) is 4.79 Å². The van der Waals surface area contributed by atoms with Crippen molar-refractivity contribution >= 4 is 6.03 Å². The van der Waals surface area contributed by atoms with E-state index in [0.717, 1.165) is 5.70 Å². The number of carbonyl (C=O) groups is 1. The summed E-state index contributed by atoms with van der Waals surface area (Å²) in [7, 11) is 1.58. The van der Waals surface area contributed by atoms with E-state index in [4.69, 9.17) is 9.15 Å². The highest BCUT2D eigenvalue weighted by Crippen LogP contribution is 2.18. The van der Waals surface area contributed by atoms with Gasteiger partial charge in [0, 0.05) is 12.8 Å². The van der Waals surface area contributed by atoms with E-state index in [9.17, 15) is 4.79 Å². The molecule has 0 fully saturated rings. The van der Waals surface area contributed by atoms with E-state index in [1.807, 2.05) is 12.1 Å². The van der Waals surface area contributed by atoms with Gasteiger partial charge in [-0.25, -0.2) is 4.79 Å². The van der Waals surface area contributed by atoms with Gasteiger partial charge < -0.3 is 19.8 Å². The van der Waals surface area contributed by atoms with Crippen molar-refractivity contribution in [1.82, 2.24) is 10.6 Å². The maximum absolute atomic E-state index is 11.3. The first-order chi connectivity index (χ1) is 7.29. The van der Waals surface area contributed by atoms with Crippen LogP contribution < -0.4 is 10.6 Å². The molecule has 2 rings (SSSR count). The number of furan rings is 1. The fourth-order valence-corrected chi connectivity index (χ4v) is 1.47. The Morgan fingerprint density at radius 3 is 3.13 bits per heavy atom. The number of nitrogens with one attached hydrogen (secondary N) is 2. The Labute approximate surface area is 87.1 Å². The number of ether oxygens (including phenoxy) is 1. The average Bonchev–Trinajstić information content (AvgIpc) is 2.70. The predicted octanol–water partition coefficient (Wildman–Crippen LogP) is 1.16. The van der Waals surface area contributed by atoms with Crippen LogP contribution >= 0.6 is 0 Å². The minimum absolute atomic E-state index is 0.223. The van der Waals surface area contributed by atoms with Crippen LogP contribution in [0.5, 0.6) is 0 Å². The van der Waals surface area contributed by atoms with Crippen LogP contribution in [0.25, 0.3) is 0 Å². The van der Waals surface area contributed by atoms with Crippen LogP contribution in [0.2, 0.25) is 0 Å². The van der Waals surface area contributed by atoms with Gasteiger partial charge in [0.2, 0.25) is 0 Å². The average molecular weight is 208 g/mol. The predicted molar refractivity (Wildman–Crippen MR) is 53.1 cm³/mol. The Hall–Kier alpha value is -1.75. The van der Waals surface area contributed by atoms with Gasteiger partial charge in [-0.3, -0.25) is 0 Å². The SMILES string of the molecule is COCC1=C[C@@H](c2ccco2)NC(=O)N1. The van der Waals surface area contributed by atoms with Crippen molar-refractivity contribution in [3.8, 4) is 0 Å². The molecule has 5 heteroatoms. The van der Waals surface area contributed by atoms with Gasteiger partial charge >= 0.3 is 6.03 Å². The summed E-state index contributed by atoms with van der Waals surface area (Å²) in [4.78, 5) is 11.3. The van der Waals surface area contributed by atoms with Crippen molar-refractivity contribution < 1.29 is 13.9 Å². The smallest absolute Gasteiger partial charge is 0.319 e. The zero-order chi connectivity index (χ0) is 10.7. The van der Waals surface area contributed by atoms with E-state index in [1.54, 1.807) is 19.4 Å². The topological polar surface area (TPSA) is 63.5 Å². The van der Waals surface area contributed by atoms with Gasteiger partial charge in [-0.2, -0.15) is 0 Å². The molecular formula is C10H12N2O3. The Morgan fingerprint density at radius 2 is 2.47 bits per heavy atom. The maximum atomic E-state index is 11.3. The van der Waals surface area contributed by atoms with E-state index in [-0.39, 0.29) is 12.1 Å². The lowest BCUT2D eigenvalue weighted by Gasteiger charge is -2.21. The fourth-order valence-electron chi connectivity index (χ4n) is 1.47. The van der Waals surface area contributed by atoms with Gasteiger partial charge in [-0.1, -0.05) is 0 Å². The van der Waals surface area contributed by atoms with Crippen molar-refractivity contribution in [2.24, 2.45) is 0 Å². The van der Waals surface area contributed by atoms with Crippen molar-refractivity contribution in [3.05, 3.63) is 35.9 Å². The van der Waals surface area contributed by atoms with Crippen LogP contribution in [0, 0.1) is 0 Å². The molecule has 0 saturated heterocycles. The molecule has 1 aliphatic heterocycles. The van der Waals surface area contributed by atoms with E-state index in [1.165, 1.54) is 0 Å². The van der Waals surface area contributed by atoms with Crippen LogP contribution in [0.15, 0.2) is 34.6 Å². The Morgan fingerprint density at radius 1 is 1.60 bits per heavy atom. The monoisotopic (exact) mass is 208 g/mol. The van der Waals surface area contributed by atoms with Crippen molar-refractivity contribution in [3.63, 3.8) is 0 Å². The molecule has 0 spiro atoms. The molecular weight excluding hydrogens is 196 g/mol. The Balaban J connectivity index is 2.18. The lowest BCUT2D eigenvalue weighted by Crippen LogP contribution is -2.42. The summed E-state index contributed by atoms with van der Waals surface area (Å²) in [5, 5.41) is 5.39. The lowest BCUT2D eigenvalue weighted by molar-refractivity contribution is 0.209. The molecule has 1 atom stereocenters. The number of hydrogen-bond acceptors (Lipinski definition) is 3. The highest BCUT2D eigenvalue weighted by molar-refractivity contribution is 5.78. The highest BCUT2D eigenvalue weighted by atomic mass is 16.5. The Kier molecular flexibility index (Phi) is 2.73. The highest BCUT2D eigenvalue weighted by Gasteiger charge is 2.20. The molecule has 2 heterocycles. The number of rotatable bonds is 3. The molecule has 0 saturated carbocycles. The molecule has 15 heavy (non-hydrogen) atoms. The fraction of sp³-hybridized carbons (Fsp3) is 0.300. The maximum Gasteiger partial charge on any atom is 0.319 e. The lowest BCUT2D eigenvalue weighted by atomic mass is 10.1. The summed E-state index contributed by atoms with van der Waals surface area (Å²) in [6.45, 7) is 0.380. The third-order valence-corrected chi connectivity index (χ3v) is 2.08. The number of methoxy groups -OCH3 is 1. The van der Waals surface area contributed by atoms with Gasteiger partial charge in [-0.15, -0.1) is 0 Å². The van der Waals surface area contributed by atoms with Crippen LogP contribution in [0.3, 0.4) is 0 Å². The zero-order valence-electron chi connectivity index (χ0n) is 8.32. The van der Waals surface area contributed by atoms with E-state index in [2.05, 4.69) is 10.6 Å². The summed E-state index contributed by atoms with van der Waals surface area (Å²) >= 11 is 0. The van der Waals surface area contributed by atoms with Gasteiger partial charge in [0.15, 0.2) is 0 Å². The second-order valence-electron chi connectivity index (χ2n) is 3.22.